The summed E-state index contributed by atoms with van der Waals surface area (Å²) in [7, 11) is 0. The van der Waals surface area contributed by atoms with Crippen LogP contribution in [-0.2, 0) is 0 Å². The summed E-state index contributed by atoms with van der Waals surface area (Å²) in [4.78, 5) is 0. The standard InChI is InChI=1S/C48H28N4/c1-2-12-29(13-3-1)30-22-24-32(25-23-30)45-36-18-6-7-19-37(36)48(50-49-45)52-41-21-11-9-17-35(41)39-28-38-34-16-8-10-20-40(34)51-42-27-26-31-14-4-5-15-33(31)43(42)44(46(38)51)47(39)52/h1-28H. The maximum atomic E-state index is 5.15. The first-order valence-corrected chi connectivity index (χ1v) is 17.8. The van der Waals surface area contributed by atoms with Crippen molar-refractivity contribution in [1.82, 2.24) is 19.2 Å². The third kappa shape index (κ3) is 3.60. The number of aromatic nitrogens is 4. The van der Waals surface area contributed by atoms with Crippen LogP contribution in [0.2, 0.25) is 0 Å². The van der Waals surface area contributed by atoms with Crippen molar-refractivity contribution < 1.29 is 0 Å². The van der Waals surface area contributed by atoms with Crippen molar-refractivity contribution in [1.29, 1.82) is 0 Å². The largest absolute Gasteiger partial charge is 0.308 e. The molecular weight excluding hydrogens is 633 g/mol. The summed E-state index contributed by atoms with van der Waals surface area (Å²) in [6.45, 7) is 0. The fourth-order valence-electron chi connectivity index (χ4n) is 8.91. The molecule has 0 unspecified atom stereocenters. The highest BCUT2D eigenvalue weighted by atomic mass is 15.2. The highest BCUT2D eigenvalue weighted by Crippen LogP contribution is 2.48. The first kappa shape index (κ1) is 27.7. The molecule has 0 aliphatic rings. The van der Waals surface area contributed by atoms with E-state index in [9.17, 15) is 0 Å². The van der Waals surface area contributed by atoms with Crippen LogP contribution >= 0.6 is 0 Å². The zero-order valence-corrected chi connectivity index (χ0v) is 28.0. The predicted molar refractivity (Wildman–Crippen MR) is 217 cm³/mol. The fourth-order valence-corrected chi connectivity index (χ4v) is 8.91. The zero-order valence-electron chi connectivity index (χ0n) is 28.0. The van der Waals surface area contributed by atoms with Crippen LogP contribution in [0, 0.1) is 0 Å². The maximum Gasteiger partial charge on any atom is 0.168 e. The van der Waals surface area contributed by atoms with Crippen LogP contribution in [0.1, 0.15) is 0 Å². The van der Waals surface area contributed by atoms with Gasteiger partial charge in [0.05, 0.1) is 27.6 Å². The summed E-state index contributed by atoms with van der Waals surface area (Å²) < 4.78 is 4.87. The average Bonchev–Trinajstić information content (AvgIpc) is 3.86. The molecule has 0 spiro atoms. The molecule has 4 nitrogen and oxygen atoms in total. The summed E-state index contributed by atoms with van der Waals surface area (Å²) in [5.41, 5.74) is 10.3. The summed E-state index contributed by atoms with van der Waals surface area (Å²) in [6, 6.07) is 61.1. The monoisotopic (exact) mass is 660 g/mol. The Balaban J connectivity index is 1.22. The summed E-state index contributed by atoms with van der Waals surface area (Å²) in [5.74, 6) is 0.832. The Bertz CT molecular complexity index is 3390. The fraction of sp³-hybridized carbons (Fsp3) is 0. The lowest BCUT2D eigenvalue weighted by atomic mass is 9.99. The normalized spacial score (nSPS) is 12.2. The van der Waals surface area contributed by atoms with Crippen LogP contribution in [0.5, 0.6) is 0 Å². The number of rotatable bonds is 3. The molecule has 240 valence electrons. The molecule has 0 saturated carbocycles. The predicted octanol–water partition coefficient (Wildman–Crippen LogP) is 12.4. The number of para-hydroxylation sites is 2. The van der Waals surface area contributed by atoms with Crippen molar-refractivity contribution in [2.24, 2.45) is 0 Å². The molecule has 0 fully saturated rings. The van der Waals surface area contributed by atoms with Crippen LogP contribution in [-0.4, -0.2) is 19.2 Å². The minimum atomic E-state index is 0.832. The molecule has 0 aliphatic heterocycles. The second kappa shape index (κ2) is 10.3. The second-order valence-electron chi connectivity index (χ2n) is 13.8. The molecule has 12 rings (SSSR count). The highest BCUT2D eigenvalue weighted by Gasteiger charge is 2.26. The lowest BCUT2D eigenvalue weighted by molar-refractivity contribution is 0.978. The minimum Gasteiger partial charge on any atom is -0.308 e. The molecule has 0 aliphatic carbocycles. The first-order chi connectivity index (χ1) is 25.8. The molecule has 0 bridgehead atoms. The lowest BCUT2D eigenvalue weighted by Crippen LogP contribution is -2.02. The van der Waals surface area contributed by atoms with Gasteiger partial charge in [-0.2, -0.15) is 0 Å². The van der Waals surface area contributed by atoms with E-state index in [0.29, 0.717) is 0 Å². The van der Waals surface area contributed by atoms with Crippen LogP contribution < -0.4 is 0 Å². The van der Waals surface area contributed by atoms with Crippen LogP contribution in [0.4, 0.5) is 0 Å². The van der Waals surface area contributed by atoms with Crippen LogP contribution in [0.25, 0.3) is 110 Å². The van der Waals surface area contributed by atoms with E-state index in [1.165, 1.54) is 70.8 Å². The van der Waals surface area contributed by atoms with Gasteiger partial charge in [0, 0.05) is 48.7 Å². The zero-order chi connectivity index (χ0) is 33.9. The topological polar surface area (TPSA) is 35.1 Å². The van der Waals surface area contributed by atoms with E-state index in [0.717, 1.165) is 38.9 Å². The summed E-state index contributed by atoms with van der Waals surface area (Å²) in [5, 5.41) is 22.3. The van der Waals surface area contributed by atoms with Gasteiger partial charge in [0.2, 0.25) is 0 Å². The van der Waals surface area contributed by atoms with Crippen molar-refractivity contribution in [3.8, 4) is 28.2 Å². The van der Waals surface area contributed by atoms with Gasteiger partial charge < -0.3 is 4.40 Å². The number of fused-ring (bicyclic) bond motifs is 13. The third-order valence-electron chi connectivity index (χ3n) is 11.1. The Kier molecular flexibility index (Phi) is 5.47. The molecule has 0 N–H and O–H groups in total. The van der Waals surface area contributed by atoms with Gasteiger partial charge in [-0.25, -0.2) is 0 Å². The number of hydrogen-bond acceptors (Lipinski definition) is 2. The lowest BCUT2D eigenvalue weighted by Gasteiger charge is -2.13. The number of nitrogens with zero attached hydrogens (tertiary/aromatic N) is 4. The number of benzene rings is 8. The van der Waals surface area contributed by atoms with Crippen molar-refractivity contribution in [3.05, 3.63) is 170 Å². The minimum absolute atomic E-state index is 0.832. The smallest absolute Gasteiger partial charge is 0.168 e. The van der Waals surface area contributed by atoms with E-state index in [-0.39, 0.29) is 0 Å². The van der Waals surface area contributed by atoms with Crippen molar-refractivity contribution in [2.75, 3.05) is 0 Å². The molecule has 12 aromatic rings. The number of hydrogen-bond donors (Lipinski definition) is 0. The van der Waals surface area contributed by atoms with E-state index in [1.54, 1.807) is 0 Å². The van der Waals surface area contributed by atoms with E-state index >= 15 is 0 Å². The van der Waals surface area contributed by atoms with Crippen molar-refractivity contribution in [3.63, 3.8) is 0 Å². The molecule has 0 amide bonds. The van der Waals surface area contributed by atoms with Crippen molar-refractivity contribution in [2.45, 2.75) is 0 Å². The third-order valence-corrected chi connectivity index (χ3v) is 11.1. The maximum absolute atomic E-state index is 5.15. The Labute approximate surface area is 297 Å². The van der Waals surface area contributed by atoms with Gasteiger partial charge in [0.1, 0.15) is 5.69 Å². The molecule has 52 heavy (non-hydrogen) atoms. The van der Waals surface area contributed by atoms with Crippen LogP contribution in [0.15, 0.2) is 170 Å². The SMILES string of the molecule is c1ccc(-c2ccc(-c3nnc(-n4c5ccccc5c5cc6c7ccccc7n7c8ccc9ccccc9c8c(c54)c67)c4ccccc34)cc2)cc1. The quantitative estimate of drug-likeness (QED) is 0.189. The van der Waals surface area contributed by atoms with Gasteiger partial charge in [-0.1, -0.05) is 146 Å². The van der Waals surface area contributed by atoms with E-state index in [4.69, 9.17) is 10.2 Å². The molecule has 0 saturated heterocycles. The Morgan fingerprint density at radius 3 is 1.75 bits per heavy atom. The van der Waals surface area contributed by atoms with Gasteiger partial charge in [0.15, 0.2) is 5.82 Å². The molecule has 4 heterocycles. The second-order valence-corrected chi connectivity index (χ2v) is 13.8. The average molecular weight is 661 g/mol. The molecule has 8 aromatic carbocycles. The molecule has 0 atom stereocenters. The van der Waals surface area contributed by atoms with Gasteiger partial charge in [-0.05, 0) is 46.2 Å². The Hall–Kier alpha value is -7.04. The van der Waals surface area contributed by atoms with Gasteiger partial charge >= 0.3 is 0 Å². The van der Waals surface area contributed by atoms with Gasteiger partial charge in [-0.15, -0.1) is 10.2 Å². The molecular formula is C48H28N4. The summed E-state index contributed by atoms with van der Waals surface area (Å²) >= 11 is 0. The van der Waals surface area contributed by atoms with E-state index in [1.807, 2.05) is 0 Å². The Morgan fingerprint density at radius 1 is 0.346 bits per heavy atom. The molecule has 4 heteroatoms. The summed E-state index contributed by atoms with van der Waals surface area (Å²) in [6.07, 6.45) is 0. The van der Waals surface area contributed by atoms with Gasteiger partial charge in [-0.3, -0.25) is 4.57 Å². The van der Waals surface area contributed by atoms with Gasteiger partial charge in [0.25, 0.3) is 0 Å². The Morgan fingerprint density at radius 2 is 0.942 bits per heavy atom. The molecule has 4 aromatic heterocycles. The van der Waals surface area contributed by atoms with E-state index in [2.05, 4.69) is 179 Å². The van der Waals surface area contributed by atoms with E-state index < -0.39 is 0 Å². The molecule has 0 radical (unpaired) electrons. The van der Waals surface area contributed by atoms with Crippen LogP contribution in [0.3, 0.4) is 0 Å². The highest BCUT2D eigenvalue weighted by molar-refractivity contribution is 6.37. The first-order valence-electron chi connectivity index (χ1n) is 17.8. The van der Waals surface area contributed by atoms with Crippen molar-refractivity contribution >= 4 is 81.4 Å².